The number of benzene rings is 2. The Balaban J connectivity index is 1.16. The summed E-state index contributed by atoms with van der Waals surface area (Å²) in [7, 11) is 1.38. The Bertz CT molecular complexity index is 1150. The minimum Gasteiger partial charge on any atom is -0.494 e. The largest absolute Gasteiger partial charge is 0.494 e. The van der Waals surface area contributed by atoms with Gasteiger partial charge in [-0.2, -0.15) is 0 Å². The zero-order valence-corrected chi connectivity index (χ0v) is 20.1. The van der Waals surface area contributed by atoms with Gasteiger partial charge >= 0.3 is 0 Å². The van der Waals surface area contributed by atoms with E-state index in [4.69, 9.17) is 10.5 Å². The molecule has 35 heavy (non-hydrogen) atoms. The molecule has 2 aromatic rings. The van der Waals surface area contributed by atoms with Gasteiger partial charge in [0.25, 0.3) is 0 Å². The molecule has 2 saturated heterocycles. The number of nitrogens with one attached hydrogen (secondary N) is 1. The van der Waals surface area contributed by atoms with Crippen LogP contribution in [0.4, 0.5) is 15.8 Å². The fourth-order valence-electron chi connectivity index (χ4n) is 5.28. The Morgan fingerprint density at radius 1 is 1.09 bits per heavy atom. The number of likely N-dealkylation sites (tertiary alicyclic amines) is 1. The molecule has 0 radical (unpaired) electrons. The Hall–Kier alpha value is -3.39. The highest BCUT2D eigenvalue weighted by atomic mass is 19.1. The predicted molar refractivity (Wildman–Crippen MR) is 137 cm³/mol. The van der Waals surface area contributed by atoms with E-state index >= 15 is 0 Å². The number of halogens is 1. The molecule has 0 aliphatic carbocycles. The van der Waals surface area contributed by atoms with Crippen molar-refractivity contribution in [1.82, 2.24) is 4.90 Å². The minimum absolute atomic E-state index is 0.0907. The highest BCUT2D eigenvalue weighted by Gasteiger charge is 2.27. The second-order valence-electron chi connectivity index (χ2n) is 9.41. The molecule has 0 spiro atoms. The van der Waals surface area contributed by atoms with Crippen LogP contribution in [0.2, 0.25) is 0 Å². The average Bonchev–Trinajstić information content (AvgIpc) is 3.54. The Labute approximate surface area is 205 Å². The molecule has 2 fully saturated rings. The first-order valence-electron chi connectivity index (χ1n) is 12.3. The third-order valence-corrected chi connectivity index (χ3v) is 7.24. The van der Waals surface area contributed by atoms with E-state index in [0.717, 1.165) is 24.8 Å². The summed E-state index contributed by atoms with van der Waals surface area (Å²) in [6.07, 6.45) is 5.39. The Kier molecular flexibility index (Phi) is 6.72. The number of anilines is 2. The van der Waals surface area contributed by atoms with Crippen LogP contribution in [0.25, 0.3) is 0 Å². The van der Waals surface area contributed by atoms with Crippen molar-refractivity contribution in [2.45, 2.75) is 38.1 Å². The molecule has 7 nitrogen and oxygen atoms in total. The number of carbonyl (C=O) groups is 1. The van der Waals surface area contributed by atoms with Crippen molar-refractivity contribution < 1.29 is 13.9 Å². The number of nitrogens with zero attached hydrogens (tertiary/aromatic N) is 3. The fraction of sp³-hybridized carbons (Fsp3) is 0.407. The van der Waals surface area contributed by atoms with Gasteiger partial charge in [-0.1, -0.05) is 0 Å². The summed E-state index contributed by atoms with van der Waals surface area (Å²) >= 11 is 0. The second-order valence-corrected chi connectivity index (χ2v) is 9.41. The summed E-state index contributed by atoms with van der Waals surface area (Å²) in [5, 5.41) is 3.27. The first-order valence-corrected chi connectivity index (χ1v) is 12.3. The van der Waals surface area contributed by atoms with Gasteiger partial charge in [0.05, 0.1) is 7.11 Å². The number of ketones is 1. The maximum atomic E-state index is 14.0. The second kappa shape index (κ2) is 10.1. The van der Waals surface area contributed by atoms with Crippen molar-refractivity contribution in [1.29, 1.82) is 0 Å². The van der Waals surface area contributed by atoms with E-state index < -0.39 is 5.82 Å². The number of ether oxygens (including phenoxy) is 1. The highest BCUT2D eigenvalue weighted by Crippen LogP contribution is 2.28. The number of rotatable bonds is 6. The van der Waals surface area contributed by atoms with E-state index in [9.17, 15) is 9.18 Å². The smallest absolute Gasteiger partial charge is 0.193 e. The lowest BCUT2D eigenvalue weighted by Gasteiger charge is -2.37. The maximum absolute atomic E-state index is 14.0. The lowest BCUT2D eigenvalue weighted by Crippen LogP contribution is -2.43. The summed E-state index contributed by atoms with van der Waals surface area (Å²) in [4.78, 5) is 22.3. The monoisotopic (exact) mass is 477 g/mol. The molecule has 5 rings (SSSR count). The lowest BCUT2D eigenvalue weighted by atomic mass is 10.0. The SMILES string of the molecule is COc1ccc(C(=O)C2=C(N)N=C(Nc3ccc(N4CCC(N5CCCC5)CC4)cc3)C2)cc1F. The van der Waals surface area contributed by atoms with Crippen molar-refractivity contribution in [2.75, 3.05) is 43.5 Å². The van der Waals surface area contributed by atoms with Crippen LogP contribution >= 0.6 is 0 Å². The topological polar surface area (TPSA) is 83.2 Å². The normalized spacial score (nSPS) is 19.3. The average molecular weight is 478 g/mol. The van der Waals surface area contributed by atoms with E-state index in [2.05, 4.69) is 32.2 Å². The number of hydrogen-bond donors (Lipinski definition) is 2. The zero-order valence-electron chi connectivity index (χ0n) is 20.1. The van der Waals surface area contributed by atoms with Gasteiger partial charge in [-0.05, 0) is 81.2 Å². The molecule has 3 aliphatic heterocycles. The Morgan fingerprint density at radius 3 is 2.46 bits per heavy atom. The number of nitrogens with two attached hydrogens (primary N) is 1. The van der Waals surface area contributed by atoms with Crippen molar-refractivity contribution in [3.8, 4) is 5.75 Å². The molecule has 8 heteroatoms. The van der Waals surface area contributed by atoms with E-state index in [1.165, 1.54) is 69.8 Å². The van der Waals surface area contributed by atoms with Gasteiger partial charge in [0, 0.05) is 48.1 Å². The number of hydrogen-bond acceptors (Lipinski definition) is 7. The molecule has 3 heterocycles. The van der Waals surface area contributed by atoms with Gasteiger partial charge in [-0.3, -0.25) is 4.79 Å². The molecule has 2 aromatic carbocycles. The minimum atomic E-state index is -0.588. The molecule has 184 valence electrons. The van der Waals surface area contributed by atoms with Crippen LogP contribution in [0.3, 0.4) is 0 Å². The van der Waals surface area contributed by atoms with Crippen molar-refractivity contribution in [3.05, 3.63) is 65.2 Å². The molecular weight excluding hydrogens is 445 g/mol. The predicted octanol–water partition coefficient (Wildman–Crippen LogP) is 4.17. The number of Topliss-reactive ketones (excluding diaryl/α,β-unsaturated/α-hetero) is 1. The standard InChI is InChI=1S/C27H32FN5O2/c1-35-24-9-4-18(16-23(24)28)26(34)22-17-25(31-27(22)29)30-19-5-7-20(8-6-19)33-14-10-21(11-15-33)32-12-2-3-13-32/h4-9,16,21H,2-3,10-15,17,29H2,1H3,(H,30,31). The first kappa shape index (κ1) is 23.4. The van der Waals surface area contributed by atoms with Crippen molar-refractivity contribution in [3.63, 3.8) is 0 Å². The molecule has 0 aromatic heterocycles. The number of carbonyl (C=O) groups excluding carboxylic acids is 1. The van der Waals surface area contributed by atoms with Gasteiger partial charge in [0.1, 0.15) is 11.7 Å². The summed E-state index contributed by atoms with van der Waals surface area (Å²) < 4.78 is 19.0. The molecule has 0 amide bonds. The van der Waals surface area contributed by atoms with Crippen LogP contribution in [0.15, 0.2) is 58.9 Å². The van der Waals surface area contributed by atoms with Crippen LogP contribution in [0, 0.1) is 5.82 Å². The molecule has 0 atom stereocenters. The van der Waals surface area contributed by atoms with E-state index in [1.54, 1.807) is 0 Å². The number of aliphatic imine (C=N–C) groups is 1. The van der Waals surface area contributed by atoms with Crippen LogP contribution < -0.4 is 20.7 Å². The lowest BCUT2D eigenvalue weighted by molar-refractivity contribution is 0.103. The summed E-state index contributed by atoms with van der Waals surface area (Å²) in [5.41, 5.74) is 8.72. The van der Waals surface area contributed by atoms with Crippen molar-refractivity contribution >= 4 is 23.0 Å². The Morgan fingerprint density at radius 2 is 1.80 bits per heavy atom. The molecule has 3 N–H and O–H groups in total. The van der Waals surface area contributed by atoms with E-state index in [-0.39, 0.29) is 29.3 Å². The molecule has 0 saturated carbocycles. The third-order valence-electron chi connectivity index (χ3n) is 7.24. The molecule has 3 aliphatic rings. The number of methoxy groups -OCH3 is 1. The van der Waals surface area contributed by atoms with E-state index in [1.807, 2.05) is 12.1 Å². The van der Waals surface area contributed by atoms with Gasteiger partial charge < -0.3 is 25.6 Å². The summed E-state index contributed by atoms with van der Waals surface area (Å²) in [6, 6.07) is 13.2. The van der Waals surface area contributed by atoms with E-state index in [0.29, 0.717) is 11.4 Å². The third kappa shape index (κ3) is 5.03. The maximum Gasteiger partial charge on any atom is 0.193 e. The fourth-order valence-corrected chi connectivity index (χ4v) is 5.28. The molecular formula is C27H32FN5O2. The van der Waals surface area contributed by atoms with Crippen LogP contribution in [-0.2, 0) is 0 Å². The first-order chi connectivity index (χ1) is 17.0. The quantitative estimate of drug-likeness (QED) is 0.608. The van der Waals surface area contributed by atoms with Gasteiger partial charge in [0.2, 0.25) is 0 Å². The van der Waals surface area contributed by atoms with Gasteiger partial charge in [0.15, 0.2) is 17.3 Å². The van der Waals surface area contributed by atoms with Crippen molar-refractivity contribution in [2.24, 2.45) is 10.7 Å². The van der Waals surface area contributed by atoms with Crippen LogP contribution in [0.1, 0.15) is 42.5 Å². The van der Waals surface area contributed by atoms with Crippen LogP contribution in [-0.4, -0.2) is 55.8 Å². The molecule has 0 bridgehead atoms. The highest BCUT2D eigenvalue weighted by molar-refractivity contribution is 6.15. The number of amidine groups is 1. The number of piperidine rings is 1. The van der Waals surface area contributed by atoms with Gasteiger partial charge in [-0.15, -0.1) is 0 Å². The zero-order chi connectivity index (χ0) is 24.4. The van der Waals surface area contributed by atoms with Gasteiger partial charge in [-0.25, -0.2) is 9.38 Å². The summed E-state index contributed by atoms with van der Waals surface area (Å²) in [6.45, 7) is 4.69. The van der Waals surface area contributed by atoms with Crippen LogP contribution in [0.5, 0.6) is 5.75 Å². The molecule has 0 unspecified atom stereocenters. The summed E-state index contributed by atoms with van der Waals surface area (Å²) in [5.74, 6) is -0.0781.